The maximum absolute atomic E-state index is 5.83. The van der Waals surface area contributed by atoms with Crippen LogP contribution in [0.5, 0.6) is 0 Å². The van der Waals surface area contributed by atoms with Crippen LogP contribution in [0.3, 0.4) is 0 Å². The maximum Gasteiger partial charge on any atom is 0.134 e. The zero-order valence-electron chi connectivity index (χ0n) is 9.56. The number of pyridine rings is 1. The highest BCUT2D eigenvalue weighted by Gasteiger charge is 2.04. The van der Waals surface area contributed by atoms with Crippen LogP contribution in [0.1, 0.15) is 5.56 Å². The van der Waals surface area contributed by atoms with Gasteiger partial charge in [0.15, 0.2) is 0 Å². The van der Waals surface area contributed by atoms with Crippen LogP contribution in [-0.2, 0) is 6.54 Å². The van der Waals surface area contributed by atoms with Gasteiger partial charge >= 0.3 is 0 Å². The van der Waals surface area contributed by atoms with Crippen molar-refractivity contribution in [1.82, 2.24) is 4.98 Å². The summed E-state index contributed by atoms with van der Waals surface area (Å²) in [7, 11) is 0. The molecule has 0 unspecified atom stereocenters. The molecule has 0 saturated heterocycles. The lowest BCUT2D eigenvalue weighted by atomic mass is 10.2. The molecule has 0 fully saturated rings. The SMILES string of the molecule is Clc1cc(NCc2coc3ccccc23)ccn1. The van der Waals surface area contributed by atoms with Crippen LogP contribution in [0.2, 0.25) is 5.15 Å². The Morgan fingerprint density at radius 2 is 2.11 bits per heavy atom. The van der Waals surface area contributed by atoms with Gasteiger partial charge in [0, 0.05) is 29.4 Å². The molecule has 4 heteroatoms. The first-order chi connectivity index (χ1) is 8.83. The number of anilines is 1. The first-order valence-corrected chi connectivity index (χ1v) is 6.01. The number of halogens is 1. The molecule has 1 N–H and O–H groups in total. The van der Waals surface area contributed by atoms with E-state index in [1.54, 1.807) is 18.5 Å². The molecule has 3 nitrogen and oxygen atoms in total. The van der Waals surface area contributed by atoms with Crippen LogP contribution in [0, 0.1) is 0 Å². The van der Waals surface area contributed by atoms with Crippen molar-refractivity contribution in [1.29, 1.82) is 0 Å². The van der Waals surface area contributed by atoms with Gasteiger partial charge in [-0.2, -0.15) is 0 Å². The predicted octanol–water partition coefficient (Wildman–Crippen LogP) is 4.09. The first kappa shape index (κ1) is 11.1. The number of nitrogens with one attached hydrogen (secondary N) is 1. The van der Waals surface area contributed by atoms with E-state index in [2.05, 4.69) is 16.4 Å². The van der Waals surface area contributed by atoms with Gasteiger partial charge < -0.3 is 9.73 Å². The van der Waals surface area contributed by atoms with Gasteiger partial charge in [0.25, 0.3) is 0 Å². The Bertz CT molecular complexity index is 678. The fourth-order valence-corrected chi connectivity index (χ4v) is 2.05. The standard InChI is InChI=1S/C14H11ClN2O/c15-14-7-11(5-6-16-14)17-8-10-9-18-13-4-2-1-3-12(10)13/h1-7,9H,8H2,(H,16,17). The summed E-state index contributed by atoms with van der Waals surface area (Å²) < 4.78 is 5.48. The molecule has 0 atom stereocenters. The van der Waals surface area contributed by atoms with E-state index in [1.807, 2.05) is 24.3 Å². The van der Waals surface area contributed by atoms with E-state index in [-0.39, 0.29) is 0 Å². The van der Waals surface area contributed by atoms with Crippen LogP contribution < -0.4 is 5.32 Å². The Morgan fingerprint density at radius 1 is 1.22 bits per heavy atom. The van der Waals surface area contributed by atoms with E-state index in [9.17, 15) is 0 Å². The Balaban J connectivity index is 1.81. The molecule has 3 aromatic rings. The van der Waals surface area contributed by atoms with Crippen molar-refractivity contribution in [2.24, 2.45) is 0 Å². The molecule has 0 amide bonds. The van der Waals surface area contributed by atoms with E-state index in [0.29, 0.717) is 11.7 Å². The molecule has 0 aliphatic carbocycles. The lowest BCUT2D eigenvalue weighted by molar-refractivity contribution is 0.611. The van der Waals surface area contributed by atoms with Crippen molar-refractivity contribution in [2.45, 2.75) is 6.54 Å². The second-order valence-electron chi connectivity index (χ2n) is 3.98. The third kappa shape index (κ3) is 2.17. The van der Waals surface area contributed by atoms with Crippen molar-refractivity contribution in [2.75, 3.05) is 5.32 Å². The van der Waals surface area contributed by atoms with E-state index in [4.69, 9.17) is 16.0 Å². The van der Waals surface area contributed by atoms with Crippen LogP contribution >= 0.6 is 11.6 Å². The largest absolute Gasteiger partial charge is 0.464 e. The summed E-state index contributed by atoms with van der Waals surface area (Å²) in [6.45, 7) is 0.692. The van der Waals surface area contributed by atoms with Gasteiger partial charge in [0.1, 0.15) is 10.7 Å². The van der Waals surface area contributed by atoms with Gasteiger partial charge in [-0.3, -0.25) is 0 Å². The summed E-state index contributed by atoms with van der Waals surface area (Å²) in [6, 6.07) is 11.7. The fraction of sp³-hybridized carbons (Fsp3) is 0.0714. The Kier molecular flexibility index (Phi) is 2.90. The Labute approximate surface area is 109 Å². The summed E-state index contributed by atoms with van der Waals surface area (Å²) in [5.74, 6) is 0. The van der Waals surface area contributed by atoms with Gasteiger partial charge in [-0.05, 0) is 18.2 Å². The molecule has 2 heterocycles. The molecule has 90 valence electrons. The first-order valence-electron chi connectivity index (χ1n) is 5.63. The monoisotopic (exact) mass is 258 g/mol. The van der Waals surface area contributed by atoms with Gasteiger partial charge in [0.2, 0.25) is 0 Å². The molecule has 0 bridgehead atoms. The quantitative estimate of drug-likeness (QED) is 0.719. The Hall–Kier alpha value is -2.00. The van der Waals surface area contributed by atoms with E-state index >= 15 is 0 Å². The van der Waals surface area contributed by atoms with Gasteiger partial charge in [0.05, 0.1) is 6.26 Å². The number of para-hydroxylation sites is 1. The number of benzene rings is 1. The number of hydrogen-bond acceptors (Lipinski definition) is 3. The highest BCUT2D eigenvalue weighted by atomic mass is 35.5. The van der Waals surface area contributed by atoms with Crippen molar-refractivity contribution in [3.8, 4) is 0 Å². The van der Waals surface area contributed by atoms with E-state index in [0.717, 1.165) is 22.2 Å². The number of aromatic nitrogens is 1. The minimum atomic E-state index is 0.483. The third-order valence-electron chi connectivity index (χ3n) is 2.77. The van der Waals surface area contributed by atoms with Gasteiger partial charge in [-0.1, -0.05) is 29.8 Å². The second kappa shape index (κ2) is 4.70. The lowest BCUT2D eigenvalue weighted by Gasteiger charge is -2.04. The van der Waals surface area contributed by atoms with Crippen LogP contribution in [0.15, 0.2) is 53.3 Å². The number of fused-ring (bicyclic) bond motifs is 1. The van der Waals surface area contributed by atoms with Crippen LogP contribution in [0.4, 0.5) is 5.69 Å². The average Bonchev–Trinajstić information content (AvgIpc) is 2.80. The lowest BCUT2D eigenvalue weighted by Crippen LogP contribution is -1.98. The molecule has 18 heavy (non-hydrogen) atoms. The predicted molar refractivity (Wildman–Crippen MR) is 72.8 cm³/mol. The van der Waals surface area contributed by atoms with Gasteiger partial charge in [-0.25, -0.2) is 4.98 Å². The number of hydrogen-bond donors (Lipinski definition) is 1. The molecular formula is C14H11ClN2O. The van der Waals surface area contributed by atoms with Crippen molar-refractivity contribution < 1.29 is 4.42 Å². The zero-order valence-corrected chi connectivity index (χ0v) is 10.3. The molecule has 1 aromatic carbocycles. The highest BCUT2D eigenvalue weighted by molar-refractivity contribution is 6.29. The Morgan fingerprint density at radius 3 is 3.00 bits per heavy atom. The van der Waals surface area contributed by atoms with Crippen molar-refractivity contribution in [3.63, 3.8) is 0 Å². The topological polar surface area (TPSA) is 38.1 Å². The second-order valence-corrected chi connectivity index (χ2v) is 4.37. The van der Waals surface area contributed by atoms with Crippen molar-refractivity contribution >= 4 is 28.3 Å². The maximum atomic E-state index is 5.83. The highest BCUT2D eigenvalue weighted by Crippen LogP contribution is 2.22. The van der Waals surface area contributed by atoms with E-state index in [1.165, 1.54) is 0 Å². The number of furan rings is 1. The molecule has 0 saturated carbocycles. The van der Waals surface area contributed by atoms with Crippen molar-refractivity contribution in [3.05, 3.63) is 59.6 Å². The normalized spacial score (nSPS) is 10.7. The molecule has 0 aliphatic heterocycles. The number of rotatable bonds is 3. The van der Waals surface area contributed by atoms with E-state index < -0.39 is 0 Å². The van der Waals surface area contributed by atoms with Crippen LogP contribution in [0.25, 0.3) is 11.0 Å². The number of nitrogens with zero attached hydrogens (tertiary/aromatic N) is 1. The summed E-state index contributed by atoms with van der Waals surface area (Å²) in [5, 5.41) is 4.91. The molecule has 0 aliphatic rings. The molecule has 3 rings (SSSR count). The summed E-state index contributed by atoms with van der Waals surface area (Å²) >= 11 is 5.83. The summed E-state index contributed by atoms with van der Waals surface area (Å²) in [4.78, 5) is 3.94. The average molecular weight is 259 g/mol. The minimum absolute atomic E-state index is 0.483. The smallest absolute Gasteiger partial charge is 0.134 e. The molecular weight excluding hydrogens is 248 g/mol. The minimum Gasteiger partial charge on any atom is -0.464 e. The molecule has 2 aromatic heterocycles. The summed E-state index contributed by atoms with van der Waals surface area (Å²) in [5.41, 5.74) is 2.97. The fourth-order valence-electron chi connectivity index (χ4n) is 1.88. The van der Waals surface area contributed by atoms with Crippen LogP contribution in [-0.4, -0.2) is 4.98 Å². The molecule has 0 radical (unpaired) electrons. The summed E-state index contributed by atoms with van der Waals surface area (Å²) in [6.07, 6.45) is 3.46. The van der Waals surface area contributed by atoms with Gasteiger partial charge in [-0.15, -0.1) is 0 Å². The zero-order chi connectivity index (χ0) is 12.4. The molecule has 0 spiro atoms. The third-order valence-corrected chi connectivity index (χ3v) is 2.98.